The molecule has 0 amide bonds. The van der Waals surface area contributed by atoms with Crippen molar-refractivity contribution in [2.45, 2.75) is 42.7 Å². The molecule has 0 unspecified atom stereocenters. The Hall–Kier alpha value is -1.15. The summed E-state index contributed by atoms with van der Waals surface area (Å²) in [6, 6.07) is 7.51. The summed E-state index contributed by atoms with van der Waals surface area (Å²) >= 11 is 0. The molecule has 26 heavy (non-hydrogen) atoms. The number of sulfonamides is 1. The number of piperidine rings is 1. The van der Waals surface area contributed by atoms with Crippen LogP contribution in [0.15, 0.2) is 29.2 Å². The molecule has 3 atom stereocenters. The molecule has 2 saturated heterocycles. The Bertz CT molecular complexity index is 729. The molecule has 144 valence electrons. The van der Waals surface area contributed by atoms with Gasteiger partial charge >= 0.3 is 0 Å². The number of nitrogens with zero attached hydrogens (tertiary/aromatic N) is 2. The van der Waals surface area contributed by atoms with Gasteiger partial charge in [-0.25, -0.2) is 8.42 Å². The Balaban J connectivity index is 1.37. The highest BCUT2D eigenvalue weighted by Gasteiger charge is 2.43. The summed E-state index contributed by atoms with van der Waals surface area (Å²) in [5.41, 5.74) is 6.25. The number of ether oxygens (including phenoxy) is 1. The standard InChI is InChI=1S/C19H29N3O3S/c1-25-16-3-5-17(6-4-16)26(23,24)22-10-8-15(9-11-22)21-12-14-2-7-19(20)18(14)13-21/h3-6,14-15,18-19H,2,7-13,20H2,1H3/t14-,18+,19-/m0/s1. The molecule has 2 heterocycles. The van der Waals surface area contributed by atoms with Crippen molar-refractivity contribution in [1.82, 2.24) is 9.21 Å². The van der Waals surface area contributed by atoms with Crippen LogP contribution in [0, 0.1) is 11.8 Å². The summed E-state index contributed by atoms with van der Waals surface area (Å²) in [5, 5.41) is 0. The average molecular weight is 380 g/mol. The minimum Gasteiger partial charge on any atom is -0.497 e. The van der Waals surface area contributed by atoms with E-state index in [1.54, 1.807) is 35.7 Å². The van der Waals surface area contributed by atoms with Crippen LogP contribution in [0.4, 0.5) is 0 Å². The van der Waals surface area contributed by atoms with Gasteiger partial charge in [0.2, 0.25) is 10.0 Å². The SMILES string of the molecule is COc1ccc(S(=O)(=O)N2CCC(N3C[C@@H]4CC[C@H](N)[C@@H]4C3)CC2)cc1. The maximum atomic E-state index is 12.9. The molecule has 7 heteroatoms. The van der Waals surface area contributed by atoms with Crippen molar-refractivity contribution in [3.05, 3.63) is 24.3 Å². The summed E-state index contributed by atoms with van der Waals surface area (Å²) in [7, 11) is -1.84. The molecule has 0 bridgehead atoms. The number of hydrogen-bond acceptors (Lipinski definition) is 5. The van der Waals surface area contributed by atoms with Crippen molar-refractivity contribution in [1.29, 1.82) is 0 Å². The van der Waals surface area contributed by atoms with Gasteiger partial charge in [0.25, 0.3) is 0 Å². The minimum absolute atomic E-state index is 0.346. The number of hydrogen-bond donors (Lipinski definition) is 1. The smallest absolute Gasteiger partial charge is 0.243 e. The van der Waals surface area contributed by atoms with E-state index in [4.69, 9.17) is 10.5 Å². The van der Waals surface area contributed by atoms with E-state index in [-0.39, 0.29) is 0 Å². The fraction of sp³-hybridized carbons (Fsp3) is 0.684. The second-order valence-corrected chi connectivity index (χ2v) is 9.87. The van der Waals surface area contributed by atoms with Crippen LogP contribution >= 0.6 is 0 Å². The number of methoxy groups -OCH3 is 1. The van der Waals surface area contributed by atoms with Crippen LogP contribution in [-0.2, 0) is 10.0 Å². The summed E-state index contributed by atoms with van der Waals surface area (Å²) < 4.78 is 32.5. The van der Waals surface area contributed by atoms with Gasteiger partial charge in [-0.05, 0) is 61.8 Å². The molecular weight excluding hydrogens is 350 g/mol. The highest BCUT2D eigenvalue weighted by Crippen LogP contribution is 2.39. The lowest BCUT2D eigenvalue weighted by Gasteiger charge is -2.36. The average Bonchev–Trinajstić information content (AvgIpc) is 3.24. The summed E-state index contributed by atoms with van der Waals surface area (Å²) in [6.07, 6.45) is 4.24. The van der Waals surface area contributed by atoms with Gasteiger partial charge in [0.15, 0.2) is 0 Å². The quantitative estimate of drug-likeness (QED) is 0.858. The lowest BCUT2D eigenvalue weighted by molar-refractivity contribution is 0.156. The molecule has 1 aromatic carbocycles. The van der Waals surface area contributed by atoms with Crippen LogP contribution in [0.5, 0.6) is 5.75 Å². The molecule has 6 nitrogen and oxygen atoms in total. The molecule has 0 aromatic heterocycles. The summed E-state index contributed by atoms with van der Waals surface area (Å²) in [6.45, 7) is 3.43. The third kappa shape index (κ3) is 3.26. The second-order valence-electron chi connectivity index (χ2n) is 7.93. The zero-order valence-corrected chi connectivity index (χ0v) is 16.2. The number of benzene rings is 1. The number of fused-ring (bicyclic) bond motifs is 1. The predicted molar refractivity (Wildman–Crippen MR) is 101 cm³/mol. The Morgan fingerprint density at radius 3 is 2.35 bits per heavy atom. The maximum absolute atomic E-state index is 12.9. The zero-order chi connectivity index (χ0) is 18.3. The monoisotopic (exact) mass is 379 g/mol. The third-order valence-electron chi connectivity index (χ3n) is 6.58. The Morgan fingerprint density at radius 2 is 1.73 bits per heavy atom. The fourth-order valence-electron chi connectivity index (χ4n) is 4.98. The molecule has 3 aliphatic rings. The van der Waals surface area contributed by atoms with Crippen molar-refractivity contribution in [2.24, 2.45) is 17.6 Å². The van der Waals surface area contributed by atoms with Gasteiger partial charge in [-0.15, -0.1) is 0 Å². The van der Waals surface area contributed by atoms with Crippen molar-refractivity contribution < 1.29 is 13.2 Å². The summed E-state index contributed by atoms with van der Waals surface area (Å²) in [4.78, 5) is 2.92. The van der Waals surface area contributed by atoms with Gasteiger partial charge in [0.05, 0.1) is 12.0 Å². The molecule has 1 aromatic rings. The molecule has 4 rings (SSSR count). The van der Waals surface area contributed by atoms with Crippen LogP contribution in [0.1, 0.15) is 25.7 Å². The highest BCUT2D eigenvalue weighted by molar-refractivity contribution is 7.89. The minimum atomic E-state index is -3.42. The number of nitrogens with two attached hydrogens (primary N) is 1. The molecular formula is C19H29N3O3S. The maximum Gasteiger partial charge on any atom is 0.243 e. The highest BCUT2D eigenvalue weighted by atomic mass is 32.2. The lowest BCUT2D eigenvalue weighted by Crippen LogP contribution is -2.46. The Morgan fingerprint density at radius 1 is 1.04 bits per heavy atom. The van der Waals surface area contributed by atoms with Gasteiger partial charge in [0, 0.05) is 38.3 Å². The molecule has 2 aliphatic heterocycles. The van der Waals surface area contributed by atoms with E-state index in [2.05, 4.69) is 4.90 Å². The normalized spacial score (nSPS) is 31.2. The zero-order valence-electron chi connectivity index (χ0n) is 15.4. The third-order valence-corrected chi connectivity index (χ3v) is 8.49. The van der Waals surface area contributed by atoms with Gasteiger partial charge in [0.1, 0.15) is 5.75 Å². The topological polar surface area (TPSA) is 75.9 Å². The van der Waals surface area contributed by atoms with E-state index in [0.29, 0.717) is 41.7 Å². The van der Waals surface area contributed by atoms with E-state index in [1.807, 2.05) is 0 Å². The van der Waals surface area contributed by atoms with Crippen LogP contribution < -0.4 is 10.5 Å². The van der Waals surface area contributed by atoms with Gasteiger partial charge < -0.3 is 10.5 Å². The van der Waals surface area contributed by atoms with E-state index in [1.165, 1.54) is 12.8 Å². The second kappa shape index (κ2) is 7.11. The lowest BCUT2D eigenvalue weighted by atomic mass is 9.98. The Labute approximate surface area is 156 Å². The summed E-state index contributed by atoms with van der Waals surface area (Å²) in [5.74, 6) is 2.07. The molecule has 0 spiro atoms. The van der Waals surface area contributed by atoms with Gasteiger partial charge in [-0.3, -0.25) is 4.90 Å². The molecule has 0 radical (unpaired) electrons. The van der Waals surface area contributed by atoms with E-state index >= 15 is 0 Å². The molecule has 3 fully saturated rings. The van der Waals surface area contributed by atoms with Crippen molar-refractivity contribution in [3.8, 4) is 5.75 Å². The van der Waals surface area contributed by atoms with Crippen LogP contribution in [0.3, 0.4) is 0 Å². The van der Waals surface area contributed by atoms with Crippen molar-refractivity contribution in [2.75, 3.05) is 33.3 Å². The fourth-order valence-corrected chi connectivity index (χ4v) is 6.45. The first kappa shape index (κ1) is 18.2. The van der Waals surface area contributed by atoms with Crippen LogP contribution in [-0.4, -0.2) is 63.0 Å². The molecule has 1 aliphatic carbocycles. The van der Waals surface area contributed by atoms with Gasteiger partial charge in [-0.1, -0.05) is 0 Å². The van der Waals surface area contributed by atoms with E-state index < -0.39 is 10.0 Å². The first-order chi connectivity index (χ1) is 12.5. The van der Waals surface area contributed by atoms with Crippen molar-refractivity contribution in [3.63, 3.8) is 0 Å². The van der Waals surface area contributed by atoms with E-state index in [0.717, 1.165) is 31.8 Å². The van der Waals surface area contributed by atoms with E-state index in [9.17, 15) is 8.42 Å². The first-order valence-electron chi connectivity index (χ1n) is 9.63. The van der Waals surface area contributed by atoms with Gasteiger partial charge in [-0.2, -0.15) is 4.31 Å². The number of likely N-dealkylation sites (tertiary alicyclic amines) is 1. The molecule has 2 N–H and O–H groups in total. The largest absolute Gasteiger partial charge is 0.497 e. The van der Waals surface area contributed by atoms with Crippen LogP contribution in [0.25, 0.3) is 0 Å². The van der Waals surface area contributed by atoms with Crippen molar-refractivity contribution >= 4 is 10.0 Å². The number of rotatable bonds is 4. The predicted octanol–water partition coefficient (Wildman–Crippen LogP) is 1.52. The Kier molecular flexibility index (Phi) is 4.98. The van der Waals surface area contributed by atoms with Crippen LogP contribution in [0.2, 0.25) is 0 Å². The molecule has 1 saturated carbocycles. The first-order valence-corrected chi connectivity index (χ1v) is 11.1.